The van der Waals surface area contributed by atoms with Gasteiger partial charge in [0.25, 0.3) is 0 Å². The van der Waals surface area contributed by atoms with E-state index in [1.54, 1.807) is 0 Å². The molecule has 0 saturated carbocycles. The average molecular weight is 396 g/mol. The van der Waals surface area contributed by atoms with Gasteiger partial charge in [0.2, 0.25) is 0 Å². The smallest absolute Gasteiger partial charge is 0.405 e. The number of carboxylic acid groups (broad SMARTS) is 1. The fraction of sp³-hybridized carbons (Fsp3) is 0.235. The van der Waals surface area contributed by atoms with Crippen molar-refractivity contribution in [1.29, 1.82) is 0 Å². The summed E-state index contributed by atoms with van der Waals surface area (Å²) < 4.78 is 1.01. The van der Waals surface area contributed by atoms with Crippen LogP contribution in [0.15, 0.2) is 46.9 Å². The molecule has 1 atom stereocenters. The van der Waals surface area contributed by atoms with Crippen LogP contribution in [0.4, 0.5) is 4.79 Å². The predicted molar refractivity (Wildman–Crippen MR) is 93.5 cm³/mol. The number of benzene rings is 2. The highest BCUT2D eigenvalue weighted by atomic mass is 79.9. The molecule has 0 radical (unpaired) electrons. The Bertz CT molecular complexity index is 721. The molecule has 2 aromatic carbocycles. The molecule has 1 unspecified atom stereocenters. The van der Waals surface area contributed by atoms with Crippen molar-refractivity contribution >= 4 is 33.6 Å². The monoisotopic (exact) mass is 394 g/mol. The van der Waals surface area contributed by atoms with Gasteiger partial charge in [0.1, 0.15) is 0 Å². The Morgan fingerprint density at radius 3 is 2.61 bits per heavy atom. The molecule has 1 heterocycles. The number of fused-ring (bicyclic) bond motifs is 1. The molecule has 0 saturated heterocycles. The molecule has 23 heavy (non-hydrogen) atoms. The van der Waals surface area contributed by atoms with E-state index in [1.165, 1.54) is 5.56 Å². The Morgan fingerprint density at radius 2 is 1.91 bits per heavy atom. The van der Waals surface area contributed by atoms with E-state index in [-0.39, 0.29) is 6.17 Å². The number of hydrogen-bond donors (Lipinski definition) is 2. The fourth-order valence-electron chi connectivity index (χ4n) is 2.87. The lowest BCUT2D eigenvalue weighted by atomic mass is 10.1. The summed E-state index contributed by atoms with van der Waals surface area (Å²) in [6.07, 6.45) is -0.678. The molecule has 120 valence electrons. The quantitative estimate of drug-likeness (QED) is 0.813. The highest BCUT2D eigenvalue weighted by Crippen LogP contribution is 2.27. The van der Waals surface area contributed by atoms with E-state index < -0.39 is 6.09 Å². The maximum absolute atomic E-state index is 11.2. The molecule has 2 N–H and O–H groups in total. The van der Waals surface area contributed by atoms with E-state index >= 15 is 0 Å². The van der Waals surface area contributed by atoms with Crippen molar-refractivity contribution in [2.75, 3.05) is 0 Å². The van der Waals surface area contributed by atoms with Gasteiger partial charge in [0, 0.05) is 29.0 Å². The van der Waals surface area contributed by atoms with E-state index in [9.17, 15) is 4.79 Å². The van der Waals surface area contributed by atoms with Gasteiger partial charge in [0.15, 0.2) is 0 Å². The topological polar surface area (TPSA) is 52.6 Å². The number of amides is 1. The summed E-state index contributed by atoms with van der Waals surface area (Å²) in [4.78, 5) is 13.3. The largest absolute Gasteiger partial charge is 0.465 e. The van der Waals surface area contributed by atoms with E-state index in [1.807, 2.05) is 42.5 Å². The number of halogens is 2. The van der Waals surface area contributed by atoms with Crippen molar-refractivity contribution in [3.63, 3.8) is 0 Å². The van der Waals surface area contributed by atoms with Gasteiger partial charge >= 0.3 is 6.09 Å². The average Bonchev–Trinajstić information content (AvgIpc) is 2.91. The summed E-state index contributed by atoms with van der Waals surface area (Å²) in [5.74, 6) is 0. The van der Waals surface area contributed by atoms with Crippen LogP contribution in [0, 0.1) is 0 Å². The maximum Gasteiger partial charge on any atom is 0.405 e. The molecule has 3 rings (SSSR count). The second kappa shape index (κ2) is 6.91. The number of nitrogens with zero attached hydrogens (tertiary/aromatic N) is 1. The van der Waals surface area contributed by atoms with Gasteiger partial charge in [0.05, 0.1) is 6.17 Å². The van der Waals surface area contributed by atoms with E-state index in [0.29, 0.717) is 24.5 Å². The van der Waals surface area contributed by atoms with E-state index in [4.69, 9.17) is 16.7 Å². The van der Waals surface area contributed by atoms with Crippen LogP contribution in [-0.4, -0.2) is 22.3 Å². The normalized spacial score (nSPS) is 15.2. The Kier molecular flexibility index (Phi) is 4.90. The fourth-order valence-corrected chi connectivity index (χ4v) is 3.33. The molecule has 0 aliphatic carbocycles. The first-order valence-electron chi connectivity index (χ1n) is 7.26. The molecule has 1 amide bonds. The molecule has 0 bridgehead atoms. The number of hydrogen-bond acceptors (Lipinski definition) is 2. The molecule has 4 nitrogen and oxygen atoms in total. The van der Waals surface area contributed by atoms with Crippen molar-refractivity contribution in [2.24, 2.45) is 0 Å². The molecule has 1 aliphatic rings. The van der Waals surface area contributed by atoms with Gasteiger partial charge in [-0.15, -0.1) is 0 Å². The highest BCUT2D eigenvalue weighted by Gasteiger charge is 2.27. The number of nitrogens with one attached hydrogen (secondary N) is 1. The van der Waals surface area contributed by atoms with Crippen LogP contribution in [0.2, 0.25) is 5.02 Å². The maximum atomic E-state index is 11.2. The third-order valence-electron chi connectivity index (χ3n) is 3.99. The first-order valence-corrected chi connectivity index (χ1v) is 8.43. The lowest BCUT2D eigenvalue weighted by molar-refractivity contribution is 0.140. The third kappa shape index (κ3) is 4.05. The van der Waals surface area contributed by atoms with E-state index in [2.05, 4.69) is 26.1 Å². The summed E-state index contributed by atoms with van der Waals surface area (Å²) in [5, 5.41) is 12.5. The second-order valence-corrected chi connectivity index (χ2v) is 6.97. The lowest BCUT2D eigenvalue weighted by Crippen LogP contribution is -2.46. The predicted octanol–water partition coefficient (Wildman–Crippen LogP) is 4.25. The Morgan fingerprint density at radius 1 is 1.22 bits per heavy atom. The van der Waals surface area contributed by atoms with Crippen molar-refractivity contribution in [3.8, 4) is 0 Å². The molecule has 0 spiro atoms. The number of carbonyl (C=O) groups is 1. The molecule has 6 heteroatoms. The standard InChI is InChI=1S/C17H16BrClN2O2/c18-14-4-1-11(2-5-14)7-16(20-17(22)23)21-9-12-3-6-15(19)8-13(12)10-21/h1-6,8,16,20H,7,9-10H2,(H,22,23). The Balaban J connectivity index is 1.77. The summed E-state index contributed by atoms with van der Waals surface area (Å²) in [6, 6.07) is 13.8. The minimum atomic E-state index is -1.01. The van der Waals surface area contributed by atoms with Gasteiger partial charge in [-0.3, -0.25) is 4.90 Å². The summed E-state index contributed by atoms with van der Waals surface area (Å²) in [7, 11) is 0. The van der Waals surface area contributed by atoms with Crippen LogP contribution < -0.4 is 5.32 Å². The van der Waals surface area contributed by atoms with Gasteiger partial charge in [-0.25, -0.2) is 4.79 Å². The van der Waals surface area contributed by atoms with Crippen LogP contribution in [-0.2, 0) is 19.5 Å². The lowest BCUT2D eigenvalue weighted by Gasteiger charge is -2.27. The van der Waals surface area contributed by atoms with Crippen molar-refractivity contribution in [3.05, 3.63) is 68.7 Å². The summed E-state index contributed by atoms with van der Waals surface area (Å²) >= 11 is 9.46. The van der Waals surface area contributed by atoms with Crippen LogP contribution >= 0.6 is 27.5 Å². The SMILES string of the molecule is O=C(O)NC(Cc1ccc(Br)cc1)N1Cc2ccc(Cl)cc2C1. The Labute approximate surface area is 148 Å². The minimum absolute atomic E-state index is 0.278. The van der Waals surface area contributed by atoms with Crippen molar-refractivity contribution in [2.45, 2.75) is 25.7 Å². The molecule has 1 aliphatic heterocycles. The molecule has 0 aromatic heterocycles. The van der Waals surface area contributed by atoms with Crippen molar-refractivity contribution in [1.82, 2.24) is 10.2 Å². The molecule has 2 aromatic rings. The zero-order chi connectivity index (χ0) is 16.4. The third-order valence-corrected chi connectivity index (χ3v) is 4.75. The zero-order valence-electron chi connectivity index (χ0n) is 12.3. The van der Waals surface area contributed by atoms with E-state index in [0.717, 1.165) is 15.6 Å². The highest BCUT2D eigenvalue weighted by molar-refractivity contribution is 9.10. The Hall–Kier alpha value is -1.56. The molecular formula is C17H16BrClN2O2. The van der Waals surface area contributed by atoms with Gasteiger partial charge in [-0.05, 0) is 41.0 Å². The van der Waals surface area contributed by atoms with Gasteiger partial charge in [-0.1, -0.05) is 45.7 Å². The van der Waals surface area contributed by atoms with Crippen LogP contribution in [0.5, 0.6) is 0 Å². The number of rotatable bonds is 4. The van der Waals surface area contributed by atoms with Crippen molar-refractivity contribution < 1.29 is 9.90 Å². The first-order chi connectivity index (χ1) is 11.0. The second-order valence-electron chi connectivity index (χ2n) is 5.61. The van der Waals surface area contributed by atoms with Crippen LogP contribution in [0.3, 0.4) is 0 Å². The molecular weight excluding hydrogens is 380 g/mol. The van der Waals surface area contributed by atoms with Gasteiger partial charge in [-0.2, -0.15) is 0 Å². The zero-order valence-corrected chi connectivity index (χ0v) is 14.6. The summed E-state index contributed by atoms with van der Waals surface area (Å²) in [6.45, 7) is 1.41. The minimum Gasteiger partial charge on any atom is -0.465 e. The molecule has 0 fully saturated rings. The van der Waals surface area contributed by atoms with Gasteiger partial charge < -0.3 is 10.4 Å². The first kappa shape index (κ1) is 16.3. The van der Waals surface area contributed by atoms with Crippen LogP contribution in [0.25, 0.3) is 0 Å². The summed E-state index contributed by atoms with van der Waals surface area (Å²) in [5.41, 5.74) is 3.44. The van der Waals surface area contributed by atoms with Crippen LogP contribution in [0.1, 0.15) is 16.7 Å².